The van der Waals surface area contributed by atoms with Gasteiger partial charge in [-0.1, -0.05) is 37.3 Å². The van der Waals surface area contributed by atoms with Crippen LogP contribution in [0, 0.1) is 0 Å². The molecule has 0 radical (unpaired) electrons. The van der Waals surface area contributed by atoms with Crippen LogP contribution in [0.15, 0.2) is 60.8 Å². The minimum Gasteiger partial charge on any atom is -0.493 e. The van der Waals surface area contributed by atoms with Crippen LogP contribution >= 0.6 is 0 Å². The summed E-state index contributed by atoms with van der Waals surface area (Å²) in [6, 6.07) is 16.1. The van der Waals surface area contributed by atoms with E-state index in [4.69, 9.17) is 14.6 Å². The first-order valence-corrected chi connectivity index (χ1v) is 11.5. The quantitative estimate of drug-likeness (QED) is 0.484. The average Bonchev–Trinajstić information content (AvgIpc) is 2.87. The molecule has 0 bridgehead atoms. The molecule has 0 spiro atoms. The van der Waals surface area contributed by atoms with Gasteiger partial charge in [-0.15, -0.1) is 0 Å². The number of rotatable bonds is 9. The van der Waals surface area contributed by atoms with Gasteiger partial charge in [-0.05, 0) is 47.4 Å². The predicted molar refractivity (Wildman–Crippen MR) is 127 cm³/mol. The number of methoxy groups -OCH3 is 1. The average molecular weight is 483 g/mol. The molecule has 0 unspecified atom stereocenters. The normalized spacial score (nSPS) is 13.9. The van der Waals surface area contributed by atoms with E-state index in [1.54, 1.807) is 12.0 Å². The molecule has 6 nitrogen and oxygen atoms in total. The molecule has 1 amide bonds. The second-order valence-electron chi connectivity index (χ2n) is 8.57. The first-order valence-electron chi connectivity index (χ1n) is 11.5. The van der Waals surface area contributed by atoms with Crippen LogP contribution < -0.4 is 9.47 Å². The highest BCUT2D eigenvalue weighted by molar-refractivity contribution is 5.93. The summed E-state index contributed by atoms with van der Waals surface area (Å²) >= 11 is 0. The van der Waals surface area contributed by atoms with Gasteiger partial charge in [0.2, 0.25) is 0 Å². The second-order valence-corrected chi connectivity index (χ2v) is 8.57. The van der Waals surface area contributed by atoms with E-state index in [9.17, 15) is 13.6 Å². The summed E-state index contributed by atoms with van der Waals surface area (Å²) in [5.41, 5.74) is 2.84. The van der Waals surface area contributed by atoms with E-state index in [0.717, 1.165) is 35.9 Å². The molecule has 1 aromatic heterocycles. The lowest BCUT2D eigenvalue weighted by Gasteiger charge is -2.39. The predicted octanol–water partition coefficient (Wildman–Crippen LogP) is 4.56. The molecule has 184 valence electrons. The third-order valence-corrected chi connectivity index (χ3v) is 6.25. The van der Waals surface area contributed by atoms with Crippen LogP contribution in [0.3, 0.4) is 0 Å². The van der Waals surface area contributed by atoms with Crippen LogP contribution in [-0.2, 0) is 19.0 Å². The first kappa shape index (κ1) is 24.6. The van der Waals surface area contributed by atoms with Crippen LogP contribution in [0.2, 0.25) is 0 Å². The molecular formula is C27H28F2N2O4. The van der Waals surface area contributed by atoms with E-state index in [-0.39, 0.29) is 11.6 Å². The van der Waals surface area contributed by atoms with Gasteiger partial charge in [-0.3, -0.25) is 9.78 Å². The van der Waals surface area contributed by atoms with Gasteiger partial charge in [-0.25, -0.2) is 0 Å². The van der Waals surface area contributed by atoms with Crippen LogP contribution in [0.25, 0.3) is 0 Å². The summed E-state index contributed by atoms with van der Waals surface area (Å²) in [4.78, 5) is 18.2. The largest absolute Gasteiger partial charge is 0.493 e. The Morgan fingerprint density at radius 3 is 2.46 bits per heavy atom. The van der Waals surface area contributed by atoms with E-state index < -0.39 is 24.0 Å². The molecule has 3 aromatic rings. The number of hydrogen-bond acceptors (Lipinski definition) is 5. The van der Waals surface area contributed by atoms with Crippen molar-refractivity contribution in [2.24, 2.45) is 0 Å². The fourth-order valence-electron chi connectivity index (χ4n) is 3.97. The Hall–Kier alpha value is -3.52. The maximum atomic E-state index is 13.8. The highest BCUT2D eigenvalue weighted by atomic mass is 19.3. The van der Waals surface area contributed by atoms with Crippen molar-refractivity contribution in [3.05, 3.63) is 88.7 Å². The minimum absolute atomic E-state index is 0.0672. The monoisotopic (exact) mass is 482 g/mol. The number of ether oxygens (including phenoxy) is 2. The Labute approximate surface area is 203 Å². The summed E-state index contributed by atoms with van der Waals surface area (Å²) in [5, 5.41) is 8.89. The number of pyridine rings is 1. The van der Waals surface area contributed by atoms with Crippen LogP contribution in [-0.4, -0.2) is 47.7 Å². The van der Waals surface area contributed by atoms with Gasteiger partial charge < -0.3 is 19.5 Å². The molecule has 0 aliphatic carbocycles. The molecule has 2 aromatic carbocycles. The van der Waals surface area contributed by atoms with Crippen molar-refractivity contribution >= 4 is 5.91 Å². The van der Waals surface area contributed by atoms with Gasteiger partial charge in [0.1, 0.15) is 18.9 Å². The SMILES string of the molecule is CCc1ccc(COc2ccc(C3CN(C(=O)c4cc(C(F)(F)CO)ccn4)C3)cc2OC)cc1. The fraction of sp³-hybridized carbons (Fsp3) is 0.333. The zero-order valence-corrected chi connectivity index (χ0v) is 19.7. The standard InChI is InChI=1S/C27H28F2N2O4/c1-3-18-4-6-19(7-5-18)16-35-24-9-8-20(12-25(24)34-2)21-14-31(15-21)26(33)23-13-22(10-11-30-23)27(28,29)17-32/h4-13,21,32H,3,14-17H2,1-2H3. The van der Waals surface area contributed by atoms with E-state index >= 15 is 0 Å². The van der Waals surface area contributed by atoms with Gasteiger partial charge in [0.25, 0.3) is 11.8 Å². The molecule has 35 heavy (non-hydrogen) atoms. The number of amides is 1. The number of nitrogens with zero attached hydrogens (tertiary/aromatic N) is 2. The zero-order chi connectivity index (χ0) is 25.0. The van der Waals surface area contributed by atoms with Crippen molar-refractivity contribution in [1.29, 1.82) is 0 Å². The summed E-state index contributed by atoms with van der Waals surface area (Å²) in [7, 11) is 1.58. The minimum atomic E-state index is -3.42. The molecule has 0 saturated carbocycles. The van der Waals surface area contributed by atoms with Crippen molar-refractivity contribution in [1.82, 2.24) is 9.88 Å². The van der Waals surface area contributed by atoms with Crippen molar-refractivity contribution in [3.8, 4) is 11.5 Å². The number of carbonyl (C=O) groups excluding carboxylic acids is 1. The number of aliphatic hydroxyl groups is 1. The summed E-state index contributed by atoms with van der Waals surface area (Å²) in [6.07, 6.45) is 2.15. The smallest absolute Gasteiger partial charge is 0.295 e. The number of likely N-dealkylation sites (tertiary alicyclic amines) is 1. The lowest BCUT2D eigenvalue weighted by molar-refractivity contribution is -0.0557. The third-order valence-electron chi connectivity index (χ3n) is 6.25. The Kier molecular flexibility index (Phi) is 7.31. The number of hydrogen-bond donors (Lipinski definition) is 1. The number of alkyl halides is 2. The van der Waals surface area contributed by atoms with E-state index in [0.29, 0.717) is 31.2 Å². The molecule has 2 heterocycles. The first-order chi connectivity index (χ1) is 16.8. The second kappa shape index (κ2) is 10.4. The fourth-order valence-corrected chi connectivity index (χ4v) is 3.97. The van der Waals surface area contributed by atoms with Gasteiger partial charge in [0.05, 0.1) is 7.11 Å². The molecule has 8 heteroatoms. The van der Waals surface area contributed by atoms with E-state index in [1.165, 1.54) is 5.56 Å². The number of halogens is 2. The van der Waals surface area contributed by atoms with Crippen molar-refractivity contribution < 1.29 is 28.2 Å². The molecule has 1 fully saturated rings. The summed E-state index contributed by atoms with van der Waals surface area (Å²) in [6.45, 7) is 2.09. The van der Waals surface area contributed by atoms with Crippen molar-refractivity contribution in [2.45, 2.75) is 31.8 Å². The number of aromatic nitrogens is 1. The number of carbonyl (C=O) groups is 1. The lowest BCUT2D eigenvalue weighted by atomic mass is 9.90. The summed E-state index contributed by atoms with van der Waals surface area (Å²) in [5.74, 6) is -2.51. The van der Waals surface area contributed by atoms with Crippen molar-refractivity contribution in [3.63, 3.8) is 0 Å². The molecule has 1 aliphatic rings. The highest BCUT2D eigenvalue weighted by Gasteiger charge is 2.35. The Bertz CT molecular complexity index is 1180. The Morgan fingerprint density at radius 2 is 1.80 bits per heavy atom. The van der Waals surface area contributed by atoms with Gasteiger partial charge >= 0.3 is 0 Å². The maximum Gasteiger partial charge on any atom is 0.295 e. The maximum absolute atomic E-state index is 13.8. The Balaban J connectivity index is 1.38. The number of aliphatic hydroxyl groups excluding tert-OH is 1. The summed E-state index contributed by atoms with van der Waals surface area (Å²) < 4.78 is 39.0. The van der Waals surface area contributed by atoms with Gasteiger partial charge in [0.15, 0.2) is 11.5 Å². The Morgan fingerprint density at radius 1 is 1.09 bits per heavy atom. The van der Waals surface area contributed by atoms with Crippen LogP contribution in [0.1, 0.15) is 45.6 Å². The molecular weight excluding hydrogens is 454 g/mol. The van der Waals surface area contributed by atoms with Gasteiger partial charge in [0, 0.05) is 30.8 Å². The lowest BCUT2D eigenvalue weighted by Crippen LogP contribution is -2.48. The number of benzene rings is 2. The highest BCUT2D eigenvalue weighted by Crippen LogP contribution is 2.35. The number of aryl methyl sites for hydroxylation is 1. The van der Waals surface area contributed by atoms with Crippen LogP contribution in [0.5, 0.6) is 11.5 Å². The molecule has 4 rings (SSSR count). The molecule has 1 N–H and O–H groups in total. The van der Waals surface area contributed by atoms with Crippen molar-refractivity contribution in [2.75, 3.05) is 26.8 Å². The van der Waals surface area contributed by atoms with E-state index in [2.05, 4.69) is 36.2 Å². The molecule has 1 saturated heterocycles. The topological polar surface area (TPSA) is 71.9 Å². The zero-order valence-electron chi connectivity index (χ0n) is 19.7. The van der Waals surface area contributed by atoms with E-state index in [1.807, 2.05) is 18.2 Å². The van der Waals surface area contributed by atoms with Gasteiger partial charge in [-0.2, -0.15) is 8.78 Å². The molecule has 1 aliphatic heterocycles. The molecule has 0 atom stereocenters. The third kappa shape index (κ3) is 5.43. The van der Waals surface area contributed by atoms with Crippen LogP contribution in [0.4, 0.5) is 8.78 Å².